The van der Waals surface area contributed by atoms with E-state index in [9.17, 15) is 4.39 Å². The largest absolute Gasteiger partial charge is 0.207 e. The molecular weight excluding hydrogens is 165 g/mol. The Morgan fingerprint density at radius 1 is 1.23 bits per heavy atom. The molecule has 1 unspecified atom stereocenters. The lowest BCUT2D eigenvalue weighted by atomic mass is 9.90. The van der Waals surface area contributed by atoms with Gasteiger partial charge in [-0.3, -0.25) is 0 Å². The van der Waals surface area contributed by atoms with Crippen LogP contribution in [-0.4, -0.2) is 0 Å². The van der Waals surface area contributed by atoms with Crippen LogP contribution in [0.1, 0.15) is 25.3 Å². The summed E-state index contributed by atoms with van der Waals surface area (Å²) in [5.74, 6) is -0.139. The molecule has 1 rings (SSSR count). The Balaban J connectivity index is 2.94. The second-order valence-corrected chi connectivity index (χ2v) is 3.40. The molecule has 13 heavy (non-hydrogen) atoms. The zero-order valence-electron chi connectivity index (χ0n) is 7.79. The number of nitriles is 1. The summed E-state index contributed by atoms with van der Waals surface area (Å²) in [5, 5.41) is 8.88. The number of benzene rings is 1. The Morgan fingerprint density at radius 2 is 1.77 bits per heavy atom. The fourth-order valence-corrected chi connectivity index (χ4v) is 1.28. The highest BCUT2D eigenvalue weighted by Gasteiger charge is 2.14. The molecule has 0 aromatic heterocycles. The van der Waals surface area contributed by atoms with Gasteiger partial charge in [0.2, 0.25) is 0 Å². The molecule has 0 bridgehead atoms. The summed E-state index contributed by atoms with van der Waals surface area (Å²) in [4.78, 5) is 0. The average molecular weight is 177 g/mol. The Bertz CT molecular complexity index is 308. The summed E-state index contributed by atoms with van der Waals surface area (Å²) < 4.78 is 12.6. The van der Waals surface area contributed by atoms with Gasteiger partial charge in [0.15, 0.2) is 0 Å². The van der Waals surface area contributed by atoms with Gasteiger partial charge in [0.25, 0.3) is 0 Å². The lowest BCUT2D eigenvalue weighted by Gasteiger charge is -2.12. The van der Waals surface area contributed by atoms with Crippen LogP contribution in [0.2, 0.25) is 0 Å². The minimum atomic E-state index is -0.260. The molecule has 0 radical (unpaired) electrons. The van der Waals surface area contributed by atoms with Gasteiger partial charge in [0.1, 0.15) is 5.82 Å². The zero-order valence-corrected chi connectivity index (χ0v) is 7.79. The Morgan fingerprint density at radius 3 is 2.15 bits per heavy atom. The van der Waals surface area contributed by atoms with Crippen LogP contribution >= 0.6 is 0 Å². The summed E-state index contributed by atoms with van der Waals surface area (Å²) in [5.41, 5.74) is 0.888. The van der Waals surface area contributed by atoms with Crippen molar-refractivity contribution in [1.82, 2.24) is 0 Å². The van der Waals surface area contributed by atoms with Crippen molar-refractivity contribution in [2.24, 2.45) is 5.92 Å². The summed E-state index contributed by atoms with van der Waals surface area (Å²) >= 11 is 0. The van der Waals surface area contributed by atoms with E-state index in [2.05, 4.69) is 6.07 Å². The molecule has 2 heteroatoms. The van der Waals surface area contributed by atoms with E-state index in [4.69, 9.17) is 5.26 Å². The van der Waals surface area contributed by atoms with E-state index in [0.29, 0.717) is 0 Å². The van der Waals surface area contributed by atoms with Crippen LogP contribution in [0.4, 0.5) is 4.39 Å². The van der Waals surface area contributed by atoms with Crippen molar-refractivity contribution < 1.29 is 4.39 Å². The van der Waals surface area contributed by atoms with Gasteiger partial charge < -0.3 is 0 Å². The van der Waals surface area contributed by atoms with Gasteiger partial charge >= 0.3 is 0 Å². The highest BCUT2D eigenvalue weighted by Crippen LogP contribution is 2.23. The van der Waals surface area contributed by atoms with E-state index < -0.39 is 0 Å². The van der Waals surface area contributed by atoms with Crippen molar-refractivity contribution in [2.75, 3.05) is 0 Å². The molecule has 0 saturated carbocycles. The van der Waals surface area contributed by atoms with Gasteiger partial charge in [-0.15, -0.1) is 0 Å². The monoisotopic (exact) mass is 177 g/mol. The number of nitrogens with zero attached hydrogens (tertiary/aromatic N) is 1. The number of hydrogen-bond donors (Lipinski definition) is 0. The molecule has 0 amide bonds. The topological polar surface area (TPSA) is 23.8 Å². The van der Waals surface area contributed by atoms with Crippen molar-refractivity contribution in [3.63, 3.8) is 0 Å². The molecule has 0 aliphatic carbocycles. The van der Waals surface area contributed by atoms with E-state index in [1.54, 1.807) is 12.1 Å². The second-order valence-electron chi connectivity index (χ2n) is 3.40. The molecule has 68 valence electrons. The van der Waals surface area contributed by atoms with Crippen molar-refractivity contribution in [3.8, 4) is 6.07 Å². The Kier molecular flexibility index (Phi) is 3.02. The molecule has 0 aliphatic heterocycles. The van der Waals surface area contributed by atoms with E-state index in [0.717, 1.165) is 5.56 Å². The molecule has 1 nitrogen and oxygen atoms in total. The lowest BCUT2D eigenvalue weighted by Crippen LogP contribution is -2.03. The predicted octanol–water partition coefficient (Wildman–Crippen LogP) is 3.09. The van der Waals surface area contributed by atoms with E-state index in [-0.39, 0.29) is 17.7 Å². The lowest BCUT2D eigenvalue weighted by molar-refractivity contribution is 0.583. The maximum Gasteiger partial charge on any atom is 0.123 e. The molecule has 1 atom stereocenters. The number of halogens is 1. The smallest absolute Gasteiger partial charge is 0.123 e. The summed E-state index contributed by atoms with van der Waals surface area (Å²) in [6, 6.07) is 8.34. The molecule has 0 heterocycles. The fraction of sp³-hybridized carbons (Fsp3) is 0.364. The van der Waals surface area contributed by atoms with E-state index in [1.165, 1.54) is 12.1 Å². The third-order valence-corrected chi connectivity index (χ3v) is 2.03. The van der Waals surface area contributed by atoms with Crippen LogP contribution in [0.5, 0.6) is 0 Å². The fourth-order valence-electron chi connectivity index (χ4n) is 1.28. The van der Waals surface area contributed by atoms with Crippen LogP contribution in [0.15, 0.2) is 24.3 Å². The van der Waals surface area contributed by atoms with Crippen molar-refractivity contribution in [3.05, 3.63) is 35.6 Å². The first-order chi connectivity index (χ1) is 6.15. The van der Waals surface area contributed by atoms with Gasteiger partial charge in [-0.1, -0.05) is 26.0 Å². The minimum Gasteiger partial charge on any atom is -0.207 e. The van der Waals surface area contributed by atoms with Crippen molar-refractivity contribution in [1.29, 1.82) is 5.26 Å². The van der Waals surface area contributed by atoms with Gasteiger partial charge in [-0.25, -0.2) is 4.39 Å². The SMILES string of the molecule is CC(C)C(C#N)c1ccc(F)cc1. The molecule has 0 N–H and O–H groups in total. The molecule has 0 spiro atoms. The molecule has 0 saturated heterocycles. The third-order valence-electron chi connectivity index (χ3n) is 2.03. The number of hydrogen-bond acceptors (Lipinski definition) is 1. The van der Waals surface area contributed by atoms with E-state index >= 15 is 0 Å². The average Bonchev–Trinajstić information content (AvgIpc) is 2.09. The van der Waals surface area contributed by atoms with Crippen LogP contribution in [0.3, 0.4) is 0 Å². The van der Waals surface area contributed by atoms with Gasteiger partial charge in [-0.05, 0) is 23.6 Å². The quantitative estimate of drug-likeness (QED) is 0.681. The molecular formula is C11H12FN. The van der Waals surface area contributed by atoms with E-state index in [1.807, 2.05) is 13.8 Å². The highest BCUT2D eigenvalue weighted by atomic mass is 19.1. The normalized spacial score (nSPS) is 12.5. The molecule has 1 aromatic rings. The first kappa shape index (κ1) is 9.73. The standard InChI is InChI=1S/C11H12FN/c1-8(2)11(7-13)9-3-5-10(12)6-4-9/h3-6,8,11H,1-2H3. The van der Waals surface area contributed by atoms with Crippen LogP contribution in [0.25, 0.3) is 0 Å². The number of rotatable bonds is 2. The second kappa shape index (κ2) is 4.04. The van der Waals surface area contributed by atoms with Crippen LogP contribution in [-0.2, 0) is 0 Å². The van der Waals surface area contributed by atoms with Crippen molar-refractivity contribution >= 4 is 0 Å². The summed E-state index contributed by atoms with van der Waals surface area (Å²) in [6.07, 6.45) is 0. The molecule has 1 aromatic carbocycles. The molecule has 0 aliphatic rings. The summed E-state index contributed by atoms with van der Waals surface area (Å²) in [6.45, 7) is 3.97. The first-order valence-corrected chi connectivity index (χ1v) is 4.30. The van der Waals surface area contributed by atoms with Crippen LogP contribution in [0, 0.1) is 23.1 Å². The maximum atomic E-state index is 12.6. The first-order valence-electron chi connectivity index (χ1n) is 4.30. The maximum absolute atomic E-state index is 12.6. The highest BCUT2D eigenvalue weighted by molar-refractivity contribution is 5.25. The summed E-state index contributed by atoms with van der Waals surface area (Å²) in [7, 11) is 0. The van der Waals surface area contributed by atoms with Gasteiger partial charge in [0.05, 0.1) is 12.0 Å². The van der Waals surface area contributed by atoms with Gasteiger partial charge in [0, 0.05) is 0 Å². The zero-order chi connectivity index (χ0) is 9.84. The third kappa shape index (κ3) is 2.29. The predicted molar refractivity (Wildman–Crippen MR) is 49.6 cm³/mol. The Hall–Kier alpha value is -1.36. The van der Waals surface area contributed by atoms with Gasteiger partial charge in [-0.2, -0.15) is 5.26 Å². The Labute approximate surface area is 77.8 Å². The van der Waals surface area contributed by atoms with Crippen LogP contribution < -0.4 is 0 Å². The minimum absolute atomic E-state index is 0.138. The van der Waals surface area contributed by atoms with Crippen molar-refractivity contribution in [2.45, 2.75) is 19.8 Å². The molecule has 0 fully saturated rings.